The van der Waals surface area contributed by atoms with Crippen molar-refractivity contribution in [3.63, 3.8) is 0 Å². The number of rotatable bonds is 6. The predicted octanol–water partition coefficient (Wildman–Crippen LogP) is 3.59. The van der Waals surface area contributed by atoms with Crippen LogP contribution in [0.5, 0.6) is 0 Å². The topological polar surface area (TPSA) is 55.1 Å². The summed E-state index contributed by atoms with van der Waals surface area (Å²) in [5.41, 5.74) is 8.34. The summed E-state index contributed by atoms with van der Waals surface area (Å²) < 4.78 is 0. The Morgan fingerprint density at radius 2 is 1.50 bits per heavy atom. The van der Waals surface area contributed by atoms with Gasteiger partial charge in [0, 0.05) is 6.04 Å². The minimum Gasteiger partial charge on any atom is -0.349 e. The number of benzene rings is 2. The van der Waals surface area contributed by atoms with E-state index < -0.39 is 0 Å². The van der Waals surface area contributed by atoms with Gasteiger partial charge < -0.3 is 11.1 Å². The van der Waals surface area contributed by atoms with Crippen LogP contribution in [0.1, 0.15) is 43.5 Å². The summed E-state index contributed by atoms with van der Waals surface area (Å²) in [4.78, 5) is 12.5. The van der Waals surface area contributed by atoms with Crippen LogP contribution in [0, 0.1) is 5.92 Å². The molecular weight excluding hydrogens is 272 g/mol. The van der Waals surface area contributed by atoms with Crippen molar-refractivity contribution < 1.29 is 4.79 Å². The first-order valence-electron chi connectivity index (χ1n) is 7.79. The molecule has 0 saturated carbocycles. The largest absolute Gasteiger partial charge is 0.349 e. The molecular formula is C19H24N2O. The number of amides is 1. The van der Waals surface area contributed by atoms with Crippen LogP contribution in [-0.2, 0) is 4.79 Å². The fourth-order valence-corrected chi connectivity index (χ4v) is 2.54. The minimum absolute atomic E-state index is 0.00736. The van der Waals surface area contributed by atoms with Gasteiger partial charge in [0.15, 0.2) is 0 Å². The number of nitrogens with one attached hydrogen (secondary N) is 1. The lowest BCUT2D eigenvalue weighted by molar-refractivity contribution is -0.126. The summed E-state index contributed by atoms with van der Waals surface area (Å²) in [5, 5.41) is 3.11. The van der Waals surface area contributed by atoms with E-state index in [1.807, 2.05) is 67.6 Å². The normalized spacial score (nSPS) is 14.9. The van der Waals surface area contributed by atoms with E-state index in [1.54, 1.807) is 0 Å². The number of hydrogen-bond donors (Lipinski definition) is 2. The summed E-state index contributed by atoms with van der Waals surface area (Å²) >= 11 is 0. The standard InChI is InChI=1S/C19H24N2O/c1-3-17(15-10-6-4-7-11-15)21-19(22)14(2)18(20)16-12-8-5-9-13-16/h4-14,17-18H,3,20H2,1-2H3,(H,21,22). The van der Waals surface area contributed by atoms with Crippen LogP contribution in [-0.4, -0.2) is 5.91 Å². The monoisotopic (exact) mass is 296 g/mol. The van der Waals surface area contributed by atoms with Gasteiger partial charge in [-0.3, -0.25) is 4.79 Å². The third kappa shape index (κ3) is 3.95. The van der Waals surface area contributed by atoms with Gasteiger partial charge in [-0.15, -0.1) is 0 Å². The van der Waals surface area contributed by atoms with E-state index in [9.17, 15) is 4.79 Å². The maximum absolute atomic E-state index is 12.5. The van der Waals surface area contributed by atoms with Crippen LogP contribution in [0.4, 0.5) is 0 Å². The zero-order valence-electron chi connectivity index (χ0n) is 13.2. The maximum atomic E-state index is 12.5. The molecule has 3 unspecified atom stereocenters. The Hall–Kier alpha value is -2.13. The van der Waals surface area contributed by atoms with E-state index in [0.717, 1.165) is 17.5 Å². The van der Waals surface area contributed by atoms with Crippen molar-refractivity contribution in [2.45, 2.75) is 32.4 Å². The van der Waals surface area contributed by atoms with Crippen LogP contribution in [0.15, 0.2) is 60.7 Å². The highest BCUT2D eigenvalue weighted by Gasteiger charge is 2.24. The van der Waals surface area contributed by atoms with Gasteiger partial charge >= 0.3 is 0 Å². The molecule has 2 rings (SSSR count). The van der Waals surface area contributed by atoms with Crippen LogP contribution < -0.4 is 11.1 Å². The third-order valence-electron chi connectivity index (χ3n) is 4.06. The SMILES string of the molecule is CCC(NC(=O)C(C)C(N)c1ccccc1)c1ccccc1. The fraction of sp³-hybridized carbons (Fsp3) is 0.316. The van der Waals surface area contributed by atoms with Crippen molar-refractivity contribution in [2.75, 3.05) is 0 Å². The fourth-order valence-electron chi connectivity index (χ4n) is 2.54. The van der Waals surface area contributed by atoms with E-state index >= 15 is 0 Å². The zero-order valence-corrected chi connectivity index (χ0v) is 13.2. The maximum Gasteiger partial charge on any atom is 0.225 e. The molecule has 0 bridgehead atoms. The Balaban J connectivity index is 2.04. The molecule has 0 aromatic heterocycles. The van der Waals surface area contributed by atoms with Gasteiger partial charge in [-0.25, -0.2) is 0 Å². The van der Waals surface area contributed by atoms with Gasteiger partial charge in [-0.2, -0.15) is 0 Å². The Labute approximate surface area is 132 Å². The lowest BCUT2D eigenvalue weighted by atomic mass is 9.94. The summed E-state index contributed by atoms with van der Waals surface area (Å²) in [6.45, 7) is 3.95. The second-order valence-electron chi connectivity index (χ2n) is 5.61. The molecule has 0 fully saturated rings. The van der Waals surface area contributed by atoms with E-state index in [4.69, 9.17) is 5.73 Å². The number of carbonyl (C=O) groups is 1. The Kier molecular flexibility index (Phi) is 5.73. The van der Waals surface area contributed by atoms with Gasteiger partial charge in [0.25, 0.3) is 0 Å². The van der Waals surface area contributed by atoms with E-state index in [1.165, 1.54) is 0 Å². The molecule has 1 amide bonds. The second-order valence-corrected chi connectivity index (χ2v) is 5.61. The highest BCUT2D eigenvalue weighted by molar-refractivity contribution is 5.79. The van der Waals surface area contributed by atoms with Crippen LogP contribution in [0.2, 0.25) is 0 Å². The van der Waals surface area contributed by atoms with Gasteiger partial charge in [-0.05, 0) is 17.5 Å². The molecule has 0 aliphatic heterocycles. The summed E-state index contributed by atoms with van der Waals surface area (Å²) in [7, 11) is 0. The molecule has 116 valence electrons. The summed E-state index contributed by atoms with van der Waals surface area (Å²) in [5.74, 6) is -0.285. The van der Waals surface area contributed by atoms with Crippen molar-refractivity contribution in [1.82, 2.24) is 5.32 Å². The Morgan fingerprint density at radius 3 is 2.00 bits per heavy atom. The quantitative estimate of drug-likeness (QED) is 0.856. The lowest BCUT2D eigenvalue weighted by Crippen LogP contribution is -2.37. The van der Waals surface area contributed by atoms with Crippen molar-refractivity contribution in [3.05, 3.63) is 71.8 Å². The first kappa shape index (κ1) is 16.2. The molecule has 0 radical (unpaired) electrons. The number of carbonyl (C=O) groups excluding carboxylic acids is 1. The van der Waals surface area contributed by atoms with Gasteiger partial charge in [0.05, 0.1) is 12.0 Å². The molecule has 3 nitrogen and oxygen atoms in total. The molecule has 2 aromatic carbocycles. The number of nitrogens with two attached hydrogens (primary N) is 1. The van der Waals surface area contributed by atoms with Crippen LogP contribution in [0.3, 0.4) is 0 Å². The van der Waals surface area contributed by atoms with Gasteiger partial charge in [0.1, 0.15) is 0 Å². The predicted molar refractivity (Wildman–Crippen MR) is 90.2 cm³/mol. The average molecular weight is 296 g/mol. The average Bonchev–Trinajstić information content (AvgIpc) is 2.59. The first-order valence-corrected chi connectivity index (χ1v) is 7.79. The van der Waals surface area contributed by atoms with Crippen LogP contribution in [0.25, 0.3) is 0 Å². The van der Waals surface area contributed by atoms with Crippen molar-refractivity contribution in [2.24, 2.45) is 11.7 Å². The van der Waals surface area contributed by atoms with Crippen LogP contribution >= 0.6 is 0 Å². The molecule has 0 saturated heterocycles. The zero-order chi connectivity index (χ0) is 15.9. The smallest absolute Gasteiger partial charge is 0.225 e. The van der Waals surface area contributed by atoms with E-state index in [2.05, 4.69) is 12.2 Å². The molecule has 3 heteroatoms. The minimum atomic E-state index is -0.297. The molecule has 0 aliphatic carbocycles. The molecule has 2 aromatic rings. The molecule has 0 spiro atoms. The van der Waals surface area contributed by atoms with Crippen molar-refractivity contribution in [3.8, 4) is 0 Å². The second kappa shape index (κ2) is 7.76. The van der Waals surface area contributed by atoms with Crippen molar-refractivity contribution in [1.29, 1.82) is 0 Å². The Bertz CT molecular complexity index is 583. The number of hydrogen-bond acceptors (Lipinski definition) is 2. The molecule has 3 N–H and O–H groups in total. The highest BCUT2D eigenvalue weighted by Crippen LogP contribution is 2.22. The third-order valence-corrected chi connectivity index (χ3v) is 4.06. The molecule has 3 atom stereocenters. The lowest BCUT2D eigenvalue weighted by Gasteiger charge is -2.24. The van der Waals surface area contributed by atoms with E-state index in [-0.39, 0.29) is 23.9 Å². The highest BCUT2D eigenvalue weighted by atomic mass is 16.1. The van der Waals surface area contributed by atoms with Crippen molar-refractivity contribution >= 4 is 5.91 Å². The van der Waals surface area contributed by atoms with Gasteiger partial charge in [-0.1, -0.05) is 74.5 Å². The molecule has 22 heavy (non-hydrogen) atoms. The Morgan fingerprint density at radius 1 is 1.00 bits per heavy atom. The molecule has 0 aliphatic rings. The van der Waals surface area contributed by atoms with Gasteiger partial charge in [0.2, 0.25) is 5.91 Å². The van der Waals surface area contributed by atoms with E-state index in [0.29, 0.717) is 0 Å². The summed E-state index contributed by atoms with van der Waals surface area (Å²) in [6.07, 6.45) is 0.850. The summed E-state index contributed by atoms with van der Waals surface area (Å²) in [6, 6.07) is 19.5. The molecule has 0 heterocycles. The first-order chi connectivity index (χ1) is 10.6.